The van der Waals surface area contributed by atoms with Crippen LogP contribution in [0.4, 0.5) is 0 Å². The maximum Gasteiger partial charge on any atom is 0.0870 e. The Morgan fingerprint density at radius 1 is 0.870 bits per heavy atom. The highest BCUT2D eigenvalue weighted by Gasteiger charge is 2.22. The Labute approximate surface area is 137 Å². The molecule has 0 fully saturated rings. The van der Waals surface area contributed by atoms with Gasteiger partial charge in [0, 0.05) is 12.5 Å². The smallest absolute Gasteiger partial charge is 0.0870 e. The Morgan fingerprint density at radius 2 is 1.52 bits per heavy atom. The molecular weight excluding hydrogens is 282 g/mol. The van der Waals surface area contributed by atoms with Crippen LogP contribution in [0.3, 0.4) is 0 Å². The minimum atomic E-state index is -0.524. The van der Waals surface area contributed by atoms with Crippen LogP contribution < -0.4 is 5.32 Å². The fourth-order valence-electron chi connectivity index (χ4n) is 3.07. The maximum absolute atomic E-state index is 10.9. The molecule has 0 saturated carbocycles. The van der Waals surface area contributed by atoms with Crippen molar-refractivity contribution >= 4 is 10.8 Å². The minimum Gasteiger partial charge on any atom is -0.388 e. The molecule has 2 nitrogen and oxygen atoms in total. The number of rotatable bonds is 5. The summed E-state index contributed by atoms with van der Waals surface area (Å²) in [4.78, 5) is 0. The van der Waals surface area contributed by atoms with Gasteiger partial charge in [0.15, 0.2) is 0 Å². The van der Waals surface area contributed by atoms with Crippen LogP contribution in [-0.2, 0) is 0 Å². The second-order valence-electron chi connectivity index (χ2n) is 6.13. The molecule has 3 aromatic rings. The van der Waals surface area contributed by atoms with E-state index in [2.05, 4.69) is 60.8 Å². The Kier molecular flexibility index (Phi) is 4.75. The first kappa shape index (κ1) is 15.7. The highest BCUT2D eigenvalue weighted by atomic mass is 16.3. The van der Waals surface area contributed by atoms with E-state index in [9.17, 15) is 5.11 Å². The summed E-state index contributed by atoms with van der Waals surface area (Å²) < 4.78 is 0. The molecule has 2 N–H and O–H groups in total. The van der Waals surface area contributed by atoms with Crippen molar-refractivity contribution in [3.05, 3.63) is 83.4 Å². The standard InChI is InChI=1S/C21H23NO/c1-15-7-9-17(10-8-15)21(23)20(14-22-2)19-12-11-16-5-3-4-6-18(16)13-19/h3-13,20-23H,14H2,1-2H3. The third-order valence-electron chi connectivity index (χ3n) is 4.43. The fourth-order valence-corrected chi connectivity index (χ4v) is 3.07. The number of fused-ring (bicyclic) bond motifs is 1. The van der Waals surface area contributed by atoms with Gasteiger partial charge in [0.25, 0.3) is 0 Å². The van der Waals surface area contributed by atoms with E-state index in [0.29, 0.717) is 0 Å². The first-order chi connectivity index (χ1) is 11.2. The number of hydrogen-bond acceptors (Lipinski definition) is 2. The first-order valence-electron chi connectivity index (χ1n) is 8.07. The van der Waals surface area contributed by atoms with E-state index in [1.165, 1.54) is 16.3 Å². The van der Waals surface area contributed by atoms with E-state index in [0.717, 1.165) is 17.7 Å². The second kappa shape index (κ2) is 6.95. The lowest BCUT2D eigenvalue weighted by Gasteiger charge is -2.24. The van der Waals surface area contributed by atoms with E-state index in [-0.39, 0.29) is 5.92 Å². The summed E-state index contributed by atoms with van der Waals surface area (Å²) in [6.07, 6.45) is -0.524. The van der Waals surface area contributed by atoms with Crippen LogP contribution in [-0.4, -0.2) is 18.7 Å². The lowest BCUT2D eigenvalue weighted by molar-refractivity contribution is 0.144. The molecule has 0 saturated heterocycles. The first-order valence-corrected chi connectivity index (χ1v) is 8.07. The van der Waals surface area contributed by atoms with Crippen molar-refractivity contribution in [3.63, 3.8) is 0 Å². The molecule has 2 atom stereocenters. The summed E-state index contributed by atoms with van der Waals surface area (Å²) in [5, 5.41) is 16.5. The largest absolute Gasteiger partial charge is 0.388 e. The van der Waals surface area contributed by atoms with Crippen LogP contribution in [0, 0.1) is 6.92 Å². The lowest BCUT2D eigenvalue weighted by atomic mass is 9.87. The predicted octanol–water partition coefficient (Wildman–Crippen LogP) is 4.18. The molecule has 2 unspecified atom stereocenters. The number of nitrogens with one attached hydrogen (secondary N) is 1. The zero-order valence-electron chi connectivity index (χ0n) is 13.7. The van der Waals surface area contributed by atoms with E-state index in [1.54, 1.807) is 0 Å². The topological polar surface area (TPSA) is 32.3 Å². The van der Waals surface area contributed by atoms with Gasteiger partial charge in [0.1, 0.15) is 0 Å². The number of hydrogen-bond donors (Lipinski definition) is 2. The number of aliphatic hydroxyl groups is 1. The van der Waals surface area contributed by atoms with Gasteiger partial charge in [-0.1, -0.05) is 72.3 Å². The molecule has 3 rings (SSSR count). The van der Waals surface area contributed by atoms with Crippen molar-refractivity contribution in [2.24, 2.45) is 0 Å². The Balaban J connectivity index is 1.97. The normalized spacial score (nSPS) is 13.9. The van der Waals surface area contributed by atoms with Crippen molar-refractivity contribution in [1.29, 1.82) is 0 Å². The van der Waals surface area contributed by atoms with Crippen LogP contribution in [0.1, 0.15) is 28.7 Å². The van der Waals surface area contributed by atoms with Crippen LogP contribution >= 0.6 is 0 Å². The van der Waals surface area contributed by atoms with Crippen molar-refractivity contribution in [3.8, 4) is 0 Å². The van der Waals surface area contributed by atoms with Crippen molar-refractivity contribution in [2.75, 3.05) is 13.6 Å². The average molecular weight is 305 g/mol. The molecule has 0 amide bonds. The average Bonchev–Trinajstić information content (AvgIpc) is 2.59. The minimum absolute atomic E-state index is 0.0207. The SMILES string of the molecule is CNCC(c1ccc2ccccc2c1)C(O)c1ccc(C)cc1. The fraction of sp³-hybridized carbons (Fsp3) is 0.238. The van der Waals surface area contributed by atoms with Gasteiger partial charge in [-0.05, 0) is 35.9 Å². The van der Waals surface area contributed by atoms with Gasteiger partial charge in [0.2, 0.25) is 0 Å². The van der Waals surface area contributed by atoms with Crippen LogP contribution in [0.25, 0.3) is 10.8 Å². The summed E-state index contributed by atoms with van der Waals surface area (Å²) >= 11 is 0. The van der Waals surface area contributed by atoms with Gasteiger partial charge in [0.05, 0.1) is 6.10 Å². The van der Waals surface area contributed by atoms with Gasteiger partial charge in [-0.15, -0.1) is 0 Å². The molecule has 0 aromatic heterocycles. The molecule has 0 radical (unpaired) electrons. The van der Waals surface area contributed by atoms with Gasteiger partial charge < -0.3 is 10.4 Å². The Morgan fingerprint density at radius 3 is 2.22 bits per heavy atom. The molecule has 0 spiro atoms. The summed E-state index contributed by atoms with van der Waals surface area (Å²) in [5.74, 6) is 0.0207. The van der Waals surface area contributed by atoms with Crippen LogP contribution in [0.2, 0.25) is 0 Å². The zero-order chi connectivity index (χ0) is 16.2. The summed E-state index contributed by atoms with van der Waals surface area (Å²) in [6.45, 7) is 2.79. The zero-order valence-corrected chi connectivity index (χ0v) is 13.7. The van der Waals surface area contributed by atoms with Gasteiger partial charge in [-0.3, -0.25) is 0 Å². The highest BCUT2D eigenvalue weighted by molar-refractivity contribution is 5.83. The molecule has 23 heavy (non-hydrogen) atoms. The molecule has 118 valence electrons. The lowest BCUT2D eigenvalue weighted by Crippen LogP contribution is -2.23. The Bertz CT molecular complexity index is 779. The quantitative estimate of drug-likeness (QED) is 0.741. The second-order valence-corrected chi connectivity index (χ2v) is 6.13. The monoisotopic (exact) mass is 305 g/mol. The van der Waals surface area contributed by atoms with Crippen molar-refractivity contribution < 1.29 is 5.11 Å². The number of likely N-dealkylation sites (N-methyl/N-ethyl adjacent to an activating group) is 1. The Hall–Kier alpha value is -2.16. The third kappa shape index (κ3) is 3.44. The maximum atomic E-state index is 10.9. The van der Waals surface area contributed by atoms with E-state index < -0.39 is 6.10 Å². The summed E-state index contributed by atoms with van der Waals surface area (Å²) in [7, 11) is 1.93. The molecule has 3 aromatic carbocycles. The van der Waals surface area contributed by atoms with E-state index in [1.807, 2.05) is 25.2 Å². The van der Waals surface area contributed by atoms with Gasteiger partial charge >= 0.3 is 0 Å². The third-order valence-corrected chi connectivity index (χ3v) is 4.43. The van der Waals surface area contributed by atoms with Gasteiger partial charge in [-0.2, -0.15) is 0 Å². The molecular formula is C21H23NO. The van der Waals surface area contributed by atoms with Crippen LogP contribution in [0.5, 0.6) is 0 Å². The van der Waals surface area contributed by atoms with Crippen molar-refractivity contribution in [1.82, 2.24) is 5.32 Å². The highest BCUT2D eigenvalue weighted by Crippen LogP contribution is 2.32. The summed E-state index contributed by atoms with van der Waals surface area (Å²) in [6, 6.07) is 22.9. The van der Waals surface area contributed by atoms with Crippen molar-refractivity contribution in [2.45, 2.75) is 18.9 Å². The van der Waals surface area contributed by atoms with Crippen LogP contribution in [0.15, 0.2) is 66.7 Å². The molecule has 0 aliphatic rings. The molecule has 0 aliphatic heterocycles. The molecule has 2 heteroatoms. The number of aryl methyl sites for hydroxylation is 1. The van der Waals surface area contributed by atoms with E-state index >= 15 is 0 Å². The number of benzene rings is 3. The van der Waals surface area contributed by atoms with Gasteiger partial charge in [-0.25, -0.2) is 0 Å². The molecule has 0 aliphatic carbocycles. The predicted molar refractivity (Wildman–Crippen MR) is 96.8 cm³/mol. The molecule has 0 bridgehead atoms. The summed E-state index contributed by atoms with van der Waals surface area (Å²) in [5.41, 5.74) is 3.33. The number of aliphatic hydroxyl groups excluding tert-OH is 1. The van der Waals surface area contributed by atoms with E-state index in [4.69, 9.17) is 0 Å². The molecule has 0 heterocycles.